The Morgan fingerprint density at radius 3 is 2.19 bits per heavy atom. The maximum Gasteiger partial charge on any atom is 0.260 e. The summed E-state index contributed by atoms with van der Waals surface area (Å²) in [5, 5.41) is 9.40. The van der Waals surface area contributed by atoms with Crippen molar-refractivity contribution in [3.05, 3.63) is 29.5 Å². The predicted molar refractivity (Wildman–Crippen MR) is 77.4 cm³/mol. The molecule has 2 aromatic rings. The first kappa shape index (κ1) is 14.7. The Labute approximate surface area is 122 Å². The van der Waals surface area contributed by atoms with Crippen LogP contribution in [0.5, 0.6) is 17.2 Å². The van der Waals surface area contributed by atoms with Crippen molar-refractivity contribution in [3.63, 3.8) is 0 Å². The van der Waals surface area contributed by atoms with Crippen molar-refractivity contribution in [1.29, 1.82) is 0 Å². The Hall–Kier alpha value is -2.70. The fraction of sp³-hybridized carbons (Fsp3) is 0.286. The number of aryl methyl sites for hydroxylation is 1. The minimum absolute atomic E-state index is 0.329. The third kappa shape index (κ3) is 3.07. The molecule has 0 fully saturated rings. The molecule has 2 rings (SSSR count). The molecule has 7 nitrogen and oxygen atoms in total. The van der Waals surface area contributed by atoms with Crippen LogP contribution in [0, 0.1) is 6.92 Å². The highest BCUT2D eigenvalue weighted by atomic mass is 16.5. The highest BCUT2D eigenvalue weighted by Gasteiger charge is 2.18. The monoisotopic (exact) mass is 291 g/mol. The van der Waals surface area contributed by atoms with Gasteiger partial charge in [-0.15, -0.1) is 0 Å². The fourth-order valence-corrected chi connectivity index (χ4v) is 1.87. The lowest BCUT2D eigenvalue weighted by atomic mass is 10.1. The van der Waals surface area contributed by atoms with Crippen LogP contribution in [0.1, 0.15) is 16.1 Å². The molecule has 1 heterocycles. The molecular formula is C14H17N3O4. The van der Waals surface area contributed by atoms with Crippen LogP contribution in [0.2, 0.25) is 0 Å². The zero-order valence-electron chi connectivity index (χ0n) is 12.3. The Bertz CT molecular complexity index is 652. The fourth-order valence-electron chi connectivity index (χ4n) is 1.87. The average Bonchev–Trinajstić information content (AvgIpc) is 2.90. The average molecular weight is 291 g/mol. The Morgan fingerprint density at radius 1 is 1.05 bits per heavy atom. The number of nitrogens with zero attached hydrogens (tertiary/aromatic N) is 1. The van der Waals surface area contributed by atoms with Crippen molar-refractivity contribution in [1.82, 2.24) is 10.2 Å². The molecule has 1 aromatic heterocycles. The minimum Gasteiger partial charge on any atom is -0.496 e. The number of hydrogen-bond acceptors (Lipinski definition) is 5. The summed E-state index contributed by atoms with van der Waals surface area (Å²) >= 11 is 0. The van der Waals surface area contributed by atoms with Gasteiger partial charge >= 0.3 is 0 Å². The van der Waals surface area contributed by atoms with E-state index in [0.717, 1.165) is 5.69 Å². The third-order valence-electron chi connectivity index (χ3n) is 2.90. The van der Waals surface area contributed by atoms with Crippen LogP contribution in [0.3, 0.4) is 0 Å². The molecule has 1 amide bonds. The van der Waals surface area contributed by atoms with Gasteiger partial charge in [0.05, 0.1) is 26.9 Å². The zero-order chi connectivity index (χ0) is 15.4. The van der Waals surface area contributed by atoms with E-state index in [0.29, 0.717) is 28.6 Å². The van der Waals surface area contributed by atoms with Crippen molar-refractivity contribution in [2.75, 3.05) is 26.6 Å². The molecule has 0 aliphatic rings. The molecular weight excluding hydrogens is 274 g/mol. The van der Waals surface area contributed by atoms with Crippen molar-refractivity contribution in [2.24, 2.45) is 0 Å². The first-order chi connectivity index (χ1) is 10.1. The van der Waals surface area contributed by atoms with Crippen LogP contribution in [0.15, 0.2) is 18.2 Å². The number of aromatic amines is 1. The molecule has 1 aromatic carbocycles. The van der Waals surface area contributed by atoms with Crippen LogP contribution in [-0.2, 0) is 0 Å². The van der Waals surface area contributed by atoms with Crippen molar-refractivity contribution in [3.8, 4) is 17.2 Å². The van der Waals surface area contributed by atoms with Crippen molar-refractivity contribution >= 4 is 11.7 Å². The topological polar surface area (TPSA) is 85.5 Å². The van der Waals surface area contributed by atoms with Gasteiger partial charge in [-0.3, -0.25) is 9.89 Å². The Morgan fingerprint density at radius 2 is 1.67 bits per heavy atom. The number of hydrogen-bond donors (Lipinski definition) is 2. The molecule has 21 heavy (non-hydrogen) atoms. The van der Waals surface area contributed by atoms with Gasteiger partial charge in [0.15, 0.2) is 17.3 Å². The summed E-state index contributed by atoms with van der Waals surface area (Å²) in [7, 11) is 4.50. The number of aromatic nitrogens is 2. The van der Waals surface area contributed by atoms with Crippen molar-refractivity contribution < 1.29 is 19.0 Å². The summed E-state index contributed by atoms with van der Waals surface area (Å²) in [5.74, 6) is 1.41. The van der Waals surface area contributed by atoms with E-state index in [1.54, 1.807) is 18.2 Å². The second-order valence-electron chi connectivity index (χ2n) is 4.30. The predicted octanol–water partition coefficient (Wildman–Crippen LogP) is 2.00. The van der Waals surface area contributed by atoms with E-state index in [-0.39, 0.29) is 5.91 Å². The minimum atomic E-state index is -0.348. The maximum absolute atomic E-state index is 12.3. The third-order valence-corrected chi connectivity index (χ3v) is 2.90. The molecule has 0 bridgehead atoms. The number of carbonyl (C=O) groups excluding carboxylic acids is 1. The van der Waals surface area contributed by atoms with Gasteiger partial charge in [0.1, 0.15) is 5.75 Å². The van der Waals surface area contributed by atoms with Gasteiger partial charge in [-0.1, -0.05) is 0 Å². The number of carbonyl (C=O) groups is 1. The molecule has 0 spiro atoms. The maximum atomic E-state index is 12.3. The lowest BCUT2D eigenvalue weighted by Gasteiger charge is -2.13. The van der Waals surface area contributed by atoms with E-state index in [2.05, 4.69) is 15.5 Å². The van der Waals surface area contributed by atoms with Gasteiger partial charge < -0.3 is 19.5 Å². The number of nitrogens with one attached hydrogen (secondary N) is 2. The van der Waals surface area contributed by atoms with E-state index < -0.39 is 0 Å². The van der Waals surface area contributed by atoms with Gasteiger partial charge in [-0.25, -0.2) is 0 Å². The highest BCUT2D eigenvalue weighted by molar-refractivity contribution is 6.06. The molecule has 0 atom stereocenters. The molecule has 0 saturated carbocycles. The largest absolute Gasteiger partial charge is 0.496 e. The van der Waals surface area contributed by atoms with Crippen LogP contribution in [-0.4, -0.2) is 37.4 Å². The van der Waals surface area contributed by atoms with Crippen LogP contribution >= 0.6 is 0 Å². The second-order valence-corrected chi connectivity index (χ2v) is 4.30. The molecule has 0 saturated heterocycles. The first-order valence-electron chi connectivity index (χ1n) is 6.22. The molecule has 0 aliphatic heterocycles. The summed E-state index contributed by atoms with van der Waals surface area (Å²) in [6.45, 7) is 1.85. The molecule has 0 aliphatic carbocycles. The number of H-pyrrole nitrogens is 1. The molecule has 112 valence electrons. The summed E-state index contributed by atoms with van der Waals surface area (Å²) in [6, 6.07) is 4.89. The number of anilines is 1. The van der Waals surface area contributed by atoms with Crippen LogP contribution < -0.4 is 19.5 Å². The Kier molecular flexibility index (Phi) is 4.32. The molecule has 2 N–H and O–H groups in total. The van der Waals surface area contributed by atoms with E-state index >= 15 is 0 Å². The Balaban J connectivity index is 2.34. The van der Waals surface area contributed by atoms with Gasteiger partial charge in [0.25, 0.3) is 5.91 Å². The van der Waals surface area contributed by atoms with Gasteiger partial charge in [0.2, 0.25) is 0 Å². The highest BCUT2D eigenvalue weighted by Crippen LogP contribution is 2.34. The van der Waals surface area contributed by atoms with Crippen LogP contribution in [0.25, 0.3) is 0 Å². The van der Waals surface area contributed by atoms with E-state index in [4.69, 9.17) is 14.2 Å². The normalized spacial score (nSPS) is 10.1. The number of amides is 1. The summed E-state index contributed by atoms with van der Waals surface area (Å²) in [6.07, 6.45) is 0. The van der Waals surface area contributed by atoms with Gasteiger partial charge in [-0.2, -0.15) is 5.10 Å². The quantitative estimate of drug-likeness (QED) is 0.880. The second kappa shape index (κ2) is 6.17. The lowest BCUT2D eigenvalue weighted by Crippen LogP contribution is -2.14. The smallest absolute Gasteiger partial charge is 0.260 e. The number of rotatable bonds is 5. The summed E-state index contributed by atoms with van der Waals surface area (Å²) in [5.41, 5.74) is 1.18. The standard InChI is InChI=1S/C14H17N3O4/c1-8-5-13(17-16-8)15-14(18)9-6-11(20-3)12(21-4)7-10(9)19-2/h5-7H,1-4H3,(H2,15,16,17,18). The molecule has 7 heteroatoms. The van der Waals surface area contributed by atoms with Crippen molar-refractivity contribution in [2.45, 2.75) is 6.92 Å². The first-order valence-corrected chi connectivity index (χ1v) is 6.22. The SMILES string of the molecule is COc1cc(OC)c(C(=O)Nc2cc(C)[nH]n2)cc1OC. The summed E-state index contributed by atoms with van der Waals surface area (Å²) in [4.78, 5) is 12.3. The van der Waals surface area contributed by atoms with Gasteiger partial charge in [-0.05, 0) is 6.92 Å². The lowest BCUT2D eigenvalue weighted by molar-refractivity contribution is 0.102. The van der Waals surface area contributed by atoms with E-state index in [9.17, 15) is 4.79 Å². The molecule has 0 unspecified atom stereocenters. The number of methoxy groups -OCH3 is 3. The summed E-state index contributed by atoms with van der Waals surface area (Å²) < 4.78 is 15.6. The number of ether oxygens (including phenoxy) is 3. The van der Waals surface area contributed by atoms with E-state index in [1.807, 2.05) is 6.92 Å². The van der Waals surface area contributed by atoms with Gasteiger partial charge in [0, 0.05) is 23.9 Å². The zero-order valence-corrected chi connectivity index (χ0v) is 12.3. The van der Waals surface area contributed by atoms with Crippen LogP contribution in [0.4, 0.5) is 5.82 Å². The van der Waals surface area contributed by atoms with E-state index in [1.165, 1.54) is 21.3 Å². The molecule has 0 radical (unpaired) electrons. The number of benzene rings is 1.